The number of hydrogen-bond donors (Lipinski definition) is 3. The molecule has 2 atom stereocenters. The molecule has 0 heterocycles. The summed E-state index contributed by atoms with van der Waals surface area (Å²) >= 11 is 0. The zero-order valence-corrected chi connectivity index (χ0v) is 8.92. The van der Waals surface area contributed by atoms with Crippen molar-refractivity contribution < 1.29 is 5.11 Å². The van der Waals surface area contributed by atoms with Gasteiger partial charge in [0.05, 0.1) is 0 Å². The van der Waals surface area contributed by atoms with Gasteiger partial charge in [0, 0.05) is 25.2 Å². The Bertz CT molecular complexity index is 109. The SMILES string of the molecule is CCCC(CN)NC(C)CCCO. The molecule has 0 aliphatic carbocycles. The highest BCUT2D eigenvalue weighted by molar-refractivity contribution is 4.71. The summed E-state index contributed by atoms with van der Waals surface area (Å²) in [6, 6.07) is 0.908. The van der Waals surface area contributed by atoms with Crippen LogP contribution in [0.2, 0.25) is 0 Å². The number of nitrogens with one attached hydrogen (secondary N) is 1. The minimum absolute atomic E-state index is 0.285. The molecule has 0 aliphatic heterocycles. The van der Waals surface area contributed by atoms with Gasteiger partial charge in [0.25, 0.3) is 0 Å². The van der Waals surface area contributed by atoms with E-state index in [1.54, 1.807) is 0 Å². The van der Waals surface area contributed by atoms with E-state index < -0.39 is 0 Å². The van der Waals surface area contributed by atoms with Crippen LogP contribution in [-0.2, 0) is 0 Å². The van der Waals surface area contributed by atoms with E-state index >= 15 is 0 Å². The molecule has 0 radical (unpaired) electrons. The average molecular weight is 188 g/mol. The lowest BCUT2D eigenvalue weighted by molar-refractivity contribution is 0.273. The summed E-state index contributed by atoms with van der Waals surface area (Å²) in [4.78, 5) is 0. The van der Waals surface area contributed by atoms with Crippen molar-refractivity contribution in [2.24, 2.45) is 5.73 Å². The van der Waals surface area contributed by atoms with Crippen molar-refractivity contribution in [3.8, 4) is 0 Å². The van der Waals surface area contributed by atoms with E-state index in [2.05, 4.69) is 19.2 Å². The van der Waals surface area contributed by atoms with E-state index in [1.165, 1.54) is 6.42 Å². The molecule has 3 nitrogen and oxygen atoms in total. The maximum Gasteiger partial charge on any atom is 0.0431 e. The van der Waals surface area contributed by atoms with Gasteiger partial charge in [0.15, 0.2) is 0 Å². The molecule has 0 fully saturated rings. The topological polar surface area (TPSA) is 58.3 Å². The van der Waals surface area contributed by atoms with Crippen LogP contribution in [0.15, 0.2) is 0 Å². The zero-order chi connectivity index (χ0) is 10.1. The Morgan fingerprint density at radius 2 is 2.08 bits per heavy atom. The number of aliphatic hydroxyl groups is 1. The third kappa shape index (κ3) is 6.99. The van der Waals surface area contributed by atoms with E-state index in [4.69, 9.17) is 10.8 Å². The van der Waals surface area contributed by atoms with Gasteiger partial charge in [-0.1, -0.05) is 13.3 Å². The van der Waals surface area contributed by atoms with E-state index in [-0.39, 0.29) is 6.61 Å². The van der Waals surface area contributed by atoms with Gasteiger partial charge >= 0.3 is 0 Å². The summed E-state index contributed by atoms with van der Waals surface area (Å²) in [6.45, 7) is 5.31. The Morgan fingerprint density at radius 1 is 1.38 bits per heavy atom. The van der Waals surface area contributed by atoms with Crippen molar-refractivity contribution in [1.82, 2.24) is 5.32 Å². The molecule has 4 N–H and O–H groups in total. The van der Waals surface area contributed by atoms with Crippen LogP contribution in [0, 0.1) is 0 Å². The van der Waals surface area contributed by atoms with E-state index in [1.807, 2.05) is 0 Å². The van der Waals surface area contributed by atoms with E-state index in [0.29, 0.717) is 18.6 Å². The largest absolute Gasteiger partial charge is 0.396 e. The van der Waals surface area contributed by atoms with Crippen molar-refractivity contribution in [2.75, 3.05) is 13.2 Å². The second-order valence-electron chi connectivity index (χ2n) is 3.65. The molecular formula is C10H24N2O. The minimum Gasteiger partial charge on any atom is -0.396 e. The Balaban J connectivity index is 3.53. The lowest BCUT2D eigenvalue weighted by Gasteiger charge is -2.21. The summed E-state index contributed by atoms with van der Waals surface area (Å²) < 4.78 is 0. The molecule has 0 rings (SSSR count). The molecule has 0 saturated carbocycles. The van der Waals surface area contributed by atoms with Crippen molar-refractivity contribution >= 4 is 0 Å². The first-order valence-corrected chi connectivity index (χ1v) is 5.31. The summed E-state index contributed by atoms with van der Waals surface area (Å²) in [5.41, 5.74) is 5.62. The molecule has 80 valence electrons. The third-order valence-corrected chi connectivity index (χ3v) is 2.24. The summed E-state index contributed by atoms with van der Waals surface area (Å²) in [6.07, 6.45) is 4.20. The first-order chi connectivity index (χ1) is 6.24. The quantitative estimate of drug-likeness (QED) is 0.529. The van der Waals surface area contributed by atoms with E-state index in [9.17, 15) is 0 Å². The third-order valence-electron chi connectivity index (χ3n) is 2.24. The number of rotatable bonds is 8. The molecule has 0 saturated heterocycles. The zero-order valence-electron chi connectivity index (χ0n) is 8.92. The van der Waals surface area contributed by atoms with Gasteiger partial charge in [-0.05, 0) is 26.2 Å². The average Bonchev–Trinajstić information content (AvgIpc) is 2.14. The van der Waals surface area contributed by atoms with Crippen LogP contribution in [0.1, 0.15) is 39.5 Å². The van der Waals surface area contributed by atoms with Gasteiger partial charge in [-0.15, -0.1) is 0 Å². The molecule has 0 bridgehead atoms. The summed E-state index contributed by atoms with van der Waals surface area (Å²) in [5, 5.41) is 12.1. The Morgan fingerprint density at radius 3 is 2.54 bits per heavy atom. The fraction of sp³-hybridized carbons (Fsp3) is 1.00. The standard InChI is InChI=1S/C10H24N2O/c1-3-5-10(8-11)12-9(2)6-4-7-13/h9-10,12-13H,3-8,11H2,1-2H3. The Kier molecular flexibility index (Phi) is 8.40. The highest BCUT2D eigenvalue weighted by Crippen LogP contribution is 2.00. The van der Waals surface area contributed by atoms with Gasteiger partial charge in [0.1, 0.15) is 0 Å². The molecule has 0 spiro atoms. The molecule has 13 heavy (non-hydrogen) atoms. The van der Waals surface area contributed by atoms with Crippen LogP contribution in [0.5, 0.6) is 0 Å². The molecular weight excluding hydrogens is 164 g/mol. The first-order valence-electron chi connectivity index (χ1n) is 5.31. The predicted molar refractivity (Wildman–Crippen MR) is 56.7 cm³/mol. The van der Waals surface area contributed by atoms with Gasteiger partial charge in [-0.2, -0.15) is 0 Å². The first kappa shape index (κ1) is 12.9. The fourth-order valence-corrected chi connectivity index (χ4v) is 1.50. The fourth-order valence-electron chi connectivity index (χ4n) is 1.50. The normalized spacial score (nSPS) is 15.7. The van der Waals surface area contributed by atoms with Gasteiger partial charge in [-0.25, -0.2) is 0 Å². The Hall–Kier alpha value is -0.120. The van der Waals surface area contributed by atoms with Gasteiger partial charge in [-0.3, -0.25) is 0 Å². The Labute approximate surface area is 81.7 Å². The van der Waals surface area contributed by atoms with Gasteiger partial charge in [0.2, 0.25) is 0 Å². The van der Waals surface area contributed by atoms with Crippen molar-refractivity contribution in [1.29, 1.82) is 0 Å². The van der Waals surface area contributed by atoms with Crippen LogP contribution >= 0.6 is 0 Å². The number of nitrogens with two attached hydrogens (primary N) is 1. The van der Waals surface area contributed by atoms with Crippen molar-refractivity contribution in [3.63, 3.8) is 0 Å². The van der Waals surface area contributed by atoms with Crippen molar-refractivity contribution in [3.05, 3.63) is 0 Å². The highest BCUT2D eigenvalue weighted by Gasteiger charge is 2.08. The second-order valence-corrected chi connectivity index (χ2v) is 3.65. The lowest BCUT2D eigenvalue weighted by atomic mass is 10.1. The maximum absolute atomic E-state index is 8.66. The monoisotopic (exact) mass is 188 g/mol. The number of aliphatic hydroxyl groups excluding tert-OH is 1. The van der Waals surface area contributed by atoms with E-state index in [0.717, 1.165) is 19.3 Å². The molecule has 0 amide bonds. The summed E-state index contributed by atoms with van der Waals surface area (Å²) in [7, 11) is 0. The van der Waals surface area contributed by atoms with Crippen LogP contribution in [-0.4, -0.2) is 30.3 Å². The minimum atomic E-state index is 0.285. The van der Waals surface area contributed by atoms with Crippen LogP contribution in [0.25, 0.3) is 0 Å². The van der Waals surface area contributed by atoms with Crippen LogP contribution < -0.4 is 11.1 Å². The molecule has 3 heteroatoms. The smallest absolute Gasteiger partial charge is 0.0431 e. The maximum atomic E-state index is 8.66. The molecule has 0 aliphatic rings. The van der Waals surface area contributed by atoms with Crippen LogP contribution in [0.4, 0.5) is 0 Å². The van der Waals surface area contributed by atoms with Crippen molar-refractivity contribution in [2.45, 2.75) is 51.6 Å². The molecule has 2 unspecified atom stereocenters. The molecule has 0 aromatic carbocycles. The van der Waals surface area contributed by atoms with Gasteiger partial charge < -0.3 is 16.2 Å². The molecule has 0 aromatic heterocycles. The lowest BCUT2D eigenvalue weighted by Crippen LogP contribution is -2.41. The molecule has 0 aromatic rings. The number of hydrogen-bond acceptors (Lipinski definition) is 3. The highest BCUT2D eigenvalue weighted by atomic mass is 16.2. The summed E-state index contributed by atoms with van der Waals surface area (Å²) in [5.74, 6) is 0. The van der Waals surface area contributed by atoms with Crippen LogP contribution in [0.3, 0.4) is 0 Å². The second kappa shape index (κ2) is 8.48. The predicted octanol–water partition coefficient (Wildman–Crippen LogP) is 0.864.